The molecule has 1 aliphatic carbocycles. The highest BCUT2D eigenvalue weighted by Crippen LogP contribution is 2.38. The molecule has 2 nitrogen and oxygen atoms in total. The molecule has 0 amide bonds. The fourth-order valence-electron chi connectivity index (χ4n) is 3.43. The minimum Gasteiger partial charge on any atom is -0.266 e. The van der Waals surface area contributed by atoms with Crippen molar-refractivity contribution < 1.29 is 0 Å². The van der Waals surface area contributed by atoms with Crippen LogP contribution in [0, 0.1) is 25.7 Å². The Labute approximate surface area is 122 Å². The molecule has 2 rings (SSSR count). The summed E-state index contributed by atoms with van der Waals surface area (Å²) in [5, 5.41) is 4.90. The van der Waals surface area contributed by atoms with Crippen molar-refractivity contribution in [2.45, 2.75) is 71.7 Å². The second-order valence-corrected chi connectivity index (χ2v) is 6.85. The molecule has 0 radical (unpaired) electrons. The molecule has 4 atom stereocenters. The summed E-state index contributed by atoms with van der Waals surface area (Å²) in [5.41, 5.74) is 3.66. The van der Waals surface area contributed by atoms with Crippen molar-refractivity contribution in [1.29, 1.82) is 0 Å². The zero-order valence-electron chi connectivity index (χ0n) is 12.9. The first-order valence-corrected chi connectivity index (χ1v) is 8.09. The summed E-state index contributed by atoms with van der Waals surface area (Å²) in [4.78, 5) is 0. The normalized spacial score (nSPS) is 29.5. The van der Waals surface area contributed by atoms with E-state index in [4.69, 9.17) is 16.7 Å². The van der Waals surface area contributed by atoms with Gasteiger partial charge >= 0.3 is 0 Å². The number of aromatic nitrogens is 2. The Morgan fingerprint density at radius 3 is 2.53 bits per heavy atom. The number of hydrogen-bond donors (Lipinski definition) is 0. The van der Waals surface area contributed by atoms with Crippen molar-refractivity contribution >= 4 is 11.6 Å². The van der Waals surface area contributed by atoms with Gasteiger partial charge in [-0.25, -0.2) is 0 Å². The molecule has 0 bridgehead atoms. The minimum absolute atomic E-state index is 0.105. The van der Waals surface area contributed by atoms with Crippen molar-refractivity contribution in [1.82, 2.24) is 9.78 Å². The van der Waals surface area contributed by atoms with E-state index in [1.54, 1.807) is 0 Å². The van der Waals surface area contributed by atoms with Gasteiger partial charge in [0.05, 0.1) is 17.1 Å². The van der Waals surface area contributed by atoms with E-state index in [9.17, 15) is 0 Å². The molecular weight excluding hydrogens is 256 g/mol. The van der Waals surface area contributed by atoms with E-state index in [1.807, 2.05) is 0 Å². The van der Waals surface area contributed by atoms with E-state index < -0.39 is 0 Å². The van der Waals surface area contributed by atoms with Gasteiger partial charge in [-0.05, 0) is 51.4 Å². The Balaban J connectivity index is 2.26. The van der Waals surface area contributed by atoms with E-state index in [0.29, 0.717) is 6.04 Å². The third kappa shape index (κ3) is 2.84. The summed E-state index contributed by atoms with van der Waals surface area (Å²) < 4.78 is 2.26. The second-order valence-electron chi connectivity index (χ2n) is 6.33. The maximum Gasteiger partial charge on any atom is 0.0643 e. The Hall–Kier alpha value is -0.500. The lowest BCUT2D eigenvalue weighted by molar-refractivity contribution is 0.198. The first-order valence-electron chi connectivity index (χ1n) is 7.65. The predicted molar refractivity (Wildman–Crippen MR) is 81.8 cm³/mol. The molecule has 1 heterocycles. The third-order valence-corrected chi connectivity index (χ3v) is 5.50. The Morgan fingerprint density at radius 1 is 1.26 bits per heavy atom. The minimum atomic E-state index is 0.105. The van der Waals surface area contributed by atoms with Crippen molar-refractivity contribution in [3.63, 3.8) is 0 Å². The van der Waals surface area contributed by atoms with Crippen LogP contribution in [0.3, 0.4) is 0 Å². The first-order chi connectivity index (χ1) is 8.95. The highest BCUT2D eigenvalue weighted by Gasteiger charge is 2.28. The van der Waals surface area contributed by atoms with Crippen molar-refractivity contribution in [2.24, 2.45) is 11.8 Å². The average Bonchev–Trinajstić information content (AvgIpc) is 2.67. The van der Waals surface area contributed by atoms with Crippen LogP contribution >= 0.6 is 11.6 Å². The summed E-state index contributed by atoms with van der Waals surface area (Å²) in [6.07, 6.45) is 4.79. The summed E-state index contributed by atoms with van der Waals surface area (Å²) >= 11 is 6.45. The van der Waals surface area contributed by atoms with E-state index in [2.05, 4.69) is 39.3 Å². The Kier molecular flexibility index (Phi) is 4.60. The van der Waals surface area contributed by atoms with Gasteiger partial charge in [0.1, 0.15) is 0 Å². The van der Waals surface area contributed by atoms with E-state index in [0.717, 1.165) is 24.0 Å². The van der Waals surface area contributed by atoms with Gasteiger partial charge in [-0.15, -0.1) is 11.6 Å². The highest BCUT2D eigenvalue weighted by atomic mass is 35.5. The van der Waals surface area contributed by atoms with Gasteiger partial charge in [-0.2, -0.15) is 5.10 Å². The van der Waals surface area contributed by atoms with Gasteiger partial charge in [-0.1, -0.05) is 20.8 Å². The zero-order chi connectivity index (χ0) is 14.2. The molecule has 0 spiro atoms. The van der Waals surface area contributed by atoms with Crippen LogP contribution < -0.4 is 0 Å². The monoisotopic (exact) mass is 282 g/mol. The highest BCUT2D eigenvalue weighted by molar-refractivity contribution is 6.20. The van der Waals surface area contributed by atoms with E-state index >= 15 is 0 Å². The van der Waals surface area contributed by atoms with E-state index in [-0.39, 0.29) is 5.38 Å². The molecule has 1 saturated carbocycles. The number of alkyl halides is 1. The maximum absolute atomic E-state index is 6.45. The number of halogens is 1. The van der Waals surface area contributed by atoms with Crippen LogP contribution in [0.2, 0.25) is 0 Å². The lowest BCUT2D eigenvalue weighted by Gasteiger charge is -2.32. The Bertz CT molecular complexity index is 438. The molecule has 0 N–H and O–H groups in total. The molecule has 108 valence electrons. The quantitative estimate of drug-likeness (QED) is 0.698. The number of aryl methyl sites for hydroxylation is 1. The fourth-order valence-corrected chi connectivity index (χ4v) is 3.75. The van der Waals surface area contributed by atoms with Gasteiger partial charge in [0.2, 0.25) is 0 Å². The lowest BCUT2D eigenvalue weighted by atomic mass is 9.79. The van der Waals surface area contributed by atoms with Crippen molar-refractivity contribution in [3.05, 3.63) is 17.0 Å². The number of nitrogens with zero attached hydrogens (tertiary/aromatic N) is 2. The first kappa shape index (κ1) is 14.9. The zero-order valence-corrected chi connectivity index (χ0v) is 13.7. The molecule has 3 heteroatoms. The summed E-state index contributed by atoms with van der Waals surface area (Å²) in [5.74, 6) is 1.65. The lowest BCUT2D eigenvalue weighted by Crippen LogP contribution is -2.24. The van der Waals surface area contributed by atoms with Crippen LogP contribution in [0.1, 0.15) is 74.8 Å². The largest absolute Gasteiger partial charge is 0.266 e. The molecular formula is C16H27ClN2. The molecule has 1 fully saturated rings. The smallest absolute Gasteiger partial charge is 0.0643 e. The van der Waals surface area contributed by atoms with Crippen LogP contribution in [-0.2, 0) is 0 Å². The molecule has 4 unspecified atom stereocenters. The van der Waals surface area contributed by atoms with Gasteiger partial charge in [-0.3, -0.25) is 4.68 Å². The molecule has 0 saturated heterocycles. The average molecular weight is 283 g/mol. The topological polar surface area (TPSA) is 17.8 Å². The van der Waals surface area contributed by atoms with Crippen LogP contribution in [0.5, 0.6) is 0 Å². The molecule has 0 aromatic carbocycles. The van der Waals surface area contributed by atoms with Crippen LogP contribution in [0.15, 0.2) is 0 Å². The van der Waals surface area contributed by atoms with Gasteiger partial charge in [0.25, 0.3) is 0 Å². The van der Waals surface area contributed by atoms with Crippen LogP contribution in [0.4, 0.5) is 0 Å². The predicted octanol–water partition coefficient (Wildman–Crippen LogP) is 5.19. The molecule has 1 aromatic rings. The summed E-state index contributed by atoms with van der Waals surface area (Å²) in [7, 11) is 0. The van der Waals surface area contributed by atoms with E-state index in [1.165, 1.54) is 30.5 Å². The van der Waals surface area contributed by atoms with Gasteiger partial charge in [0, 0.05) is 11.3 Å². The standard InChI is InChI=1S/C16H27ClN2/c1-6-15(17)16-12(4)18-19(13(16)5)14-8-7-10(2)11(3)9-14/h10-11,14-15H,6-9H2,1-5H3. The Morgan fingerprint density at radius 2 is 1.95 bits per heavy atom. The molecule has 19 heavy (non-hydrogen) atoms. The third-order valence-electron chi connectivity index (χ3n) is 4.97. The number of hydrogen-bond acceptors (Lipinski definition) is 1. The summed E-state index contributed by atoms with van der Waals surface area (Å²) in [6, 6.07) is 0.569. The van der Waals surface area contributed by atoms with Gasteiger partial charge < -0.3 is 0 Å². The SMILES string of the molecule is CCC(Cl)c1c(C)nn(C2CCC(C)C(C)C2)c1C. The molecule has 1 aromatic heterocycles. The maximum atomic E-state index is 6.45. The molecule has 0 aliphatic heterocycles. The number of rotatable bonds is 3. The second kappa shape index (κ2) is 5.87. The van der Waals surface area contributed by atoms with Gasteiger partial charge in [0.15, 0.2) is 0 Å². The summed E-state index contributed by atoms with van der Waals surface area (Å²) in [6.45, 7) is 11.2. The van der Waals surface area contributed by atoms with Crippen molar-refractivity contribution in [2.75, 3.05) is 0 Å². The molecule has 1 aliphatic rings. The fraction of sp³-hybridized carbons (Fsp3) is 0.812. The van der Waals surface area contributed by atoms with Crippen LogP contribution in [0.25, 0.3) is 0 Å². The van der Waals surface area contributed by atoms with Crippen LogP contribution in [-0.4, -0.2) is 9.78 Å². The van der Waals surface area contributed by atoms with Crippen molar-refractivity contribution in [3.8, 4) is 0 Å².